The molecule has 1 N–H and O–H groups in total. The molecule has 150 valence electrons. The smallest absolute Gasteiger partial charge is 0.305 e. The van der Waals surface area contributed by atoms with E-state index < -0.39 is 10.8 Å². The predicted octanol–water partition coefficient (Wildman–Crippen LogP) is 4.23. The van der Waals surface area contributed by atoms with Crippen molar-refractivity contribution in [3.63, 3.8) is 0 Å². The van der Waals surface area contributed by atoms with Crippen LogP contribution in [-0.4, -0.2) is 36.9 Å². The van der Waals surface area contributed by atoms with E-state index >= 15 is 0 Å². The molecule has 0 heterocycles. The molecule has 6 heteroatoms. The number of esters is 1. The second kappa shape index (κ2) is 9.60. The topological polar surface area (TPSA) is 80.7 Å². The van der Waals surface area contributed by atoms with Crippen LogP contribution in [0.15, 0.2) is 22.7 Å². The van der Waals surface area contributed by atoms with Gasteiger partial charge in [0.25, 0.3) is 0 Å². The molecule has 0 aliphatic heterocycles. The summed E-state index contributed by atoms with van der Waals surface area (Å²) in [5.74, 6) is -0.232. The summed E-state index contributed by atoms with van der Waals surface area (Å²) in [5.41, 5.74) is 0.540. The number of aliphatic hydroxyl groups is 1. The lowest BCUT2D eigenvalue weighted by molar-refractivity contribution is -0.141. The van der Waals surface area contributed by atoms with Crippen LogP contribution >= 0.6 is 15.9 Å². The Bertz CT molecular complexity index is 715. The molecular formula is C21H29BrO5. The normalized spacial score (nSPS) is 23.3. The van der Waals surface area contributed by atoms with Crippen molar-refractivity contribution in [2.24, 2.45) is 5.41 Å². The molecule has 0 bridgehead atoms. The zero-order valence-corrected chi connectivity index (χ0v) is 18.3. The molecule has 1 aromatic carbocycles. The third-order valence-electron chi connectivity index (χ3n) is 5.91. The first-order valence-electron chi connectivity index (χ1n) is 9.07. The van der Waals surface area contributed by atoms with Gasteiger partial charge in [0.1, 0.15) is 5.78 Å². The standard InChI is InChI=1S/C20H25BrO4.CH4O/c1-5-19(3)16-7-6-14(21)12-15(16)18(24)20(19,10-8-13(2)22)11-9-17(23)25-4;1-2/h6-7,12H,5,8-11H2,1-4H3;2H,1H3. The van der Waals surface area contributed by atoms with Crippen molar-refractivity contribution < 1.29 is 24.2 Å². The van der Waals surface area contributed by atoms with E-state index in [0.717, 1.165) is 23.6 Å². The van der Waals surface area contributed by atoms with E-state index in [0.29, 0.717) is 24.8 Å². The van der Waals surface area contributed by atoms with Crippen molar-refractivity contribution in [1.29, 1.82) is 0 Å². The van der Waals surface area contributed by atoms with Gasteiger partial charge < -0.3 is 14.6 Å². The van der Waals surface area contributed by atoms with E-state index in [1.807, 2.05) is 18.2 Å². The average Bonchev–Trinajstić information content (AvgIpc) is 2.85. The number of ether oxygens (including phenoxy) is 1. The van der Waals surface area contributed by atoms with Crippen molar-refractivity contribution in [2.75, 3.05) is 14.2 Å². The number of methoxy groups -OCH3 is 1. The lowest BCUT2D eigenvalue weighted by atomic mass is 9.58. The lowest BCUT2D eigenvalue weighted by Gasteiger charge is -2.43. The van der Waals surface area contributed by atoms with Gasteiger partial charge in [0, 0.05) is 40.8 Å². The van der Waals surface area contributed by atoms with Crippen molar-refractivity contribution in [2.45, 2.75) is 58.3 Å². The zero-order valence-electron chi connectivity index (χ0n) is 16.7. The minimum Gasteiger partial charge on any atom is -0.469 e. The Labute approximate surface area is 169 Å². The molecule has 2 atom stereocenters. The fraction of sp³-hybridized carbons (Fsp3) is 0.571. The molecule has 2 unspecified atom stereocenters. The molecule has 27 heavy (non-hydrogen) atoms. The van der Waals surface area contributed by atoms with Crippen LogP contribution in [0.4, 0.5) is 0 Å². The Kier molecular flexibility index (Phi) is 8.36. The highest BCUT2D eigenvalue weighted by Crippen LogP contribution is 2.58. The van der Waals surface area contributed by atoms with Crippen LogP contribution in [0.1, 0.15) is 68.8 Å². The average molecular weight is 441 g/mol. The highest BCUT2D eigenvalue weighted by molar-refractivity contribution is 9.10. The van der Waals surface area contributed by atoms with Crippen LogP contribution in [0.2, 0.25) is 0 Å². The fourth-order valence-electron chi connectivity index (χ4n) is 4.19. The van der Waals surface area contributed by atoms with Crippen molar-refractivity contribution in [1.82, 2.24) is 0 Å². The molecule has 1 aliphatic rings. The number of benzene rings is 1. The van der Waals surface area contributed by atoms with Crippen molar-refractivity contribution in [3.05, 3.63) is 33.8 Å². The molecule has 0 fully saturated rings. The summed E-state index contributed by atoms with van der Waals surface area (Å²) in [4.78, 5) is 36.9. The lowest BCUT2D eigenvalue weighted by Crippen LogP contribution is -2.44. The summed E-state index contributed by atoms with van der Waals surface area (Å²) < 4.78 is 5.64. The van der Waals surface area contributed by atoms with Crippen molar-refractivity contribution >= 4 is 33.5 Å². The maximum atomic E-state index is 13.5. The molecule has 0 amide bonds. The molecule has 0 spiro atoms. The second-order valence-corrected chi connectivity index (χ2v) is 7.98. The molecular weight excluding hydrogens is 412 g/mol. The summed E-state index contributed by atoms with van der Waals surface area (Å²) in [6.45, 7) is 5.69. The van der Waals surface area contributed by atoms with Gasteiger partial charge >= 0.3 is 5.97 Å². The van der Waals surface area contributed by atoms with Crippen LogP contribution < -0.4 is 0 Å². The first-order chi connectivity index (χ1) is 12.7. The van der Waals surface area contributed by atoms with E-state index in [1.54, 1.807) is 6.92 Å². The zero-order chi connectivity index (χ0) is 20.8. The monoisotopic (exact) mass is 440 g/mol. The molecule has 5 nitrogen and oxygen atoms in total. The summed E-state index contributed by atoms with van der Waals surface area (Å²) in [6.07, 6.45) is 2.10. The third-order valence-corrected chi connectivity index (χ3v) is 6.40. The number of carbonyl (C=O) groups is 3. The molecule has 1 aromatic rings. The van der Waals surface area contributed by atoms with Crippen molar-refractivity contribution in [3.8, 4) is 0 Å². The van der Waals surface area contributed by atoms with Gasteiger partial charge in [0.2, 0.25) is 0 Å². The van der Waals surface area contributed by atoms with Crippen LogP contribution in [-0.2, 0) is 19.7 Å². The predicted molar refractivity (Wildman–Crippen MR) is 108 cm³/mol. The number of hydrogen-bond acceptors (Lipinski definition) is 5. The molecule has 0 saturated carbocycles. The summed E-state index contributed by atoms with van der Waals surface area (Å²) >= 11 is 3.44. The maximum absolute atomic E-state index is 13.5. The van der Waals surface area contributed by atoms with Gasteiger partial charge in [-0.15, -0.1) is 0 Å². The van der Waals surface area contributed by atoms with Gasteiger partial charge in [-0.1, -0.05) is 35.8 Å². The maximum Gasteiger partial charge on any atom is 0.305 e. The summed E-state index contributed by atoms with van der Waals surface area (Å²) in [6, 6.07) is 5.80. The van der Waals surface area contributed by atoms with Gasteiger partial charge in [-0.2, -0.15) is 0 Å². The van der Waals surface area contributed by atoms with Gasteiger partial charge in [-0.25, -0.2) is 0 Å². The number of ketones is 2. The summed E-state index contributed by atoms with van der Waals surface area (Å²) in [7, 11) is 2.35. The SMILES string of the molecule is CCC1(C)c2ccc(Br)cc2C(=O)C1(CCC(C)=O)CCC(=O)OC.CO. The van der Waals surface area contributed by atoms with Crippen LogP contribution in [0.3, 0.4) is 0 Å². The highest BCUT2D eigenvalue weighted by atomic mass is 79.9. The number of halogens is 1. The molecule has 0 aromatic heterocycles. The third kappa shape index (κ3) is 4.32. The van der Waals surface area contributed by atoms with Crippen LogP contribution in [0, 0.1) is 5.41 Å². The quantitative estimate of drug-likeness (QED) is 0.641. The minimum absolute atomic E-state index is 0.0401. The number of carbonyl (C=O) groups excluding carboxylic acids is 3. The van der Waals surface area contributed by atoms with Crippen LogP contribution in [0.5, 0.6) is 0 Å². The Morgan fingerprint density at radius 3 is 2.30 bits per heavy atom. The van der Waals surface area contributed by atoms with E-state index in [2.05, 4.69) is 29.8 Å². The molecule has 0 saturated heterocycles. The van der Waals surface area contributed by atoms with Gasteiger partial charge in [0.05, 0.1) is 7.11 Å². The first-order valence-corrected chi connectivity index (χ1v) is 9.87. The number of Topliss-reactive ketones (excluding diaryl/α,β-unsaturated/α-hetero) is 2. The highest BCUT2D eigenvalue weighted by Gasteiger charge is 2.58. The van der Waals surface area contributed by atoms with Gasteiger partial charge in [-0.3, -0.25) is 9.59 Å². The second-order valence-electron chi connectivity index (χ2n) is 7.06. The molecule has 0 radical (unpaired) electrons. The van der Waals surface area contributed by atoms with Crippen LogP contribution in [0.25, 0.3) is 0 Å². The van der Waals surface area contributed by atoms with E-state index in [1.165, 1.54) is 7.11 Å². The number of fused-ring (bicyclic) bond motifs is 1. The Morgan fingerprint density at radius 1 is 1.19 bits per heavy atom. The van der Waals surface area contributed by atoms with E-state index in [4.69, 9.17) is 9.84 Å². The van der Waals surface area contributed by atoms with E-state index in [9.17, 15) is 14.4 Å². The van der Waals surface area contributed by atoms with E-state index in [-0.39, 0.29) is 24.0 Å². The number of rotatable bonds is 7. The van der Waals surface area contributed by atoms with Gasteiger partial charge in [0.15, 0.2) is 5.78 Å². The Morgan fingerprint density at radius 2 is 1.78 bits per heavy atom. The molecule has 1 aliphatic carbocycles. The minimum atomic E-state index is -0.759. The Hall–Kier alpha value is -1.53. The number of aliphatic hydroxyl groups excluding tert-OH is 1. The largest absolute Gasteiger partial charge is 0.469 e. The van der Waals surface area contributed by atoms with Gasteiger partial charge in [-0.05, 0) is 43.9 Å². The molecule has 2 rings (SSSR count). The summed E-state index contributed by atoms with van der Waals surface area (Å²) in [5, 5.41) is 7.00. The Balaban J connectivity index is 0.00000176. The fourth-order valence-corrected chi connectivity index (χ4v) is 4.55. The number of hydrogen-bond donors (Lipinski definition) is 1. The first kappa shape index (κ1) is 23.5.